The molecule has 0 N–H and O–H groups in total. The third kappa shape index (κ3) is 4.04. The molecule has 3 heterocycles. The number of nitrogens with zero attached hydrogens (tertiary/aromatic N) is 3. The number of rotatable bonds is 3. The third-order valence-electron chi connectivity index (χ3n) is 6.21. The molecule has 0 saturated carbocycles. The summed E-state index contributed by atoms with van der Waals surface area (Å²) in [6, 6.07) is 8.25. The van der Waals surface area contributed by atoms with Crippen LogP contribution in [0, 0.1) is 0 Å². The monoisotopic (exact) mass is 429 g/mol. The summed E-state index contributed by atoms with van der Waals surface area (Å²) in [5.41, 5.74) is 3.13. The molecule has 0 spiro atoms. The SMILES string of the molecule is O=c1cc(CN2CCN(c3ccc(C(F)(F)F)cn3)CC2)c2cc3c(cc2o1)CCC3. The molecule has 0 radical (unpaired) electrons. The van der Waals surface area contributed by atoms with E-state index < -0.39 is 11.7 Å². The zero-order valence-electron chi connectivity index (χ0n) is 16.9. The Balaban J connectivity index is 1.30. The van der Waals surface area contributed by atoms with Crippen molar-refractivity contribution in [1.29, 1.82) is 0 Å². The van der Waals surface area contributed by atoms with Crippen molar-refractivity contribution in [1.82, 2.24) is 9.88 Å². The molecule has 31 heavy (non-hydrogen) atoms. The van der Waals surface area contributed by atoms with Gasteiger partial charge in [0, 0.05) is 50.4 Å². The molecule has 162 valence electrons. The minimum Gasteiger partial charge on any atom is -0.423 e. The minimum atomic E-state index is -4.38. The highest BCUT2D eigenvalue weighted by Crippen LogP contribution is 2.30. The second kappa shape index (κ2) is 7.67. The molecule has 5 nitrogen and oxygen atoms in total. The van der Waals surface area contributed by atoms with E-state index in [0.717, 1.165) is 55.6 Å². The Morgan fingerprint density at radius 1 is 1.00 bits per heavy atom. The predicted octanol–water partition coefficient (Wildman–Crippen LogP) is 4.02. The third-order valence-corrected chi connectivity index (χ3v) is 6.21. The summed E-state index contributed by atoms with van der Waals surface area (Å²) in [5.74, 6) is 0.550. The van der Waals surface area contributed by atoms with Crippen LogP contribution < -0.4 is 10.5 Å². The van der Waals surface area contributed by atoms with Crippen molar-refractivity contribution in [2.24, 2.45) is 0 Å². The molecule has 1 fully saturated rings. The van der Waals surface area contributed by atoms with Gasteiger partial charge in [-0.25, -0.2) is 9.78 Å². The summed E-state index contributed by atoms with van der Waals surface area (Å²) in [6.45, 7) is 3.42. The maximum atomic E-state index is 12.7. The lowest BCUT2D eigenvalue weighted by atomic mass is 10.0. The van der Waals surface area contributed by atoms with Gasteiger partial charge in [-0.05, 0) is 60.2 Å². The molecular weight excluding hydrogens is 407 g/mol. The van der Waals surface area contributed by atoms with Crippen LogP contribution in [0.4, 0.5) is 19.0 Å². The van der Waals surface area contributed by atoms with Gasteiger partial charge >= 0.3 is 11.8 Å². The first-order valence-electron chi connectivity index (χ1n) is 10.5. The van der Waals surface area contributed by atoms with Gasteiger partial charge in [0.15, 0.2) is 0 Å². The number of hydrogen-bond acceptors (Lipinski definition) is 5. The van der Waals surface area contributed by atoms with Crippen LogP contribution in [0.15, 0.2) is 45.7 Å². The maximum absolute atomic E-state index is 12.7. The normalized spacial score (nSPS) is 17.3. The van der Waals surface area contributed by atoms with E-state index in [-0.39, 0.29) is 5.63 Å². The van der Waals surface area contributed by atoms with Gasteiger partial charge in [-0.2, -0.15) is 13.2 Å². The fourth-order valence-electron chi connectivity index (χ4n) is 4.54. The number of fused-ring (bicyclic) bond motifs is 2. The predicted molar refractivity (Wildman–Crippen MR) is 111 cm³/mol. The lowest BCUT2D eigenvalue weighted by Crippen LogP contribution is -2.46. The fourth-order valence-corrected chi connectivity index (χ4v) is 4.54. The van der Waals surface area contributed by atoms with E-state index >= 15 is 0 Å². The number of anilines is 1. The Hall–Kier alpha value is -2.87. The first-order valence-corrected chi connectivity index (χ1v) is 10.5. The van der Waals surface area contributed by atoms with Crippen molar-refractivity contribution < 1.29 is 17.6 Å². The summed E-state index contributed by atoms with van der Waals surface area (Å²) < 4.78 is 43.7. The lowest BCUT2D eigenvalue weighted by molar-refractivity contribution is -0.137. The van der Waals surface area contributed by atoms with Crippen molar-refractivity contribution in [3.63, 3.8) is 0 Å². The van der Waals surface area contributed by atoms with Gasteiger partial charge in [0.25, 0.3) is 0 Å². The molecule has 0 unspecified atom stereocenters. The summed E-state index contributed by atoms with van der Waals surface area (Å²) in [7, 11) is 0. The molecule has 0 amide bonds. The van der Waals surface area contributed by atoms with Gasteiger partial charge in [-0.1, -0.05) is 0 Å². The Bertz CT molecular complexity index is 1160. The van der Waals surface area contributed by atoms with Crippen molar-refractivity contribution >= 4 is 16.8 Å². The van der Waals surface area contributed by atoms with Crippen LogP contribution in [0.5, 0.6) is 0 Å². The van der Waals surface area contributed by atoms with E-state index in [0.29, 0.717) is 31.0 Å². The molecule has 1 saturated heterocycles. The summed E-state index contributed by atoms with van der Waals surface area (Å²) in [4.78, 5) is 20.3. The first-order chi connectivity index (χ1) is 14.9. The van der Waals surface area contributed by atoms with Crippen LogP contribution in [0.1, 0.15) is 28.7 Å². The maximum Gasteiger partial charge on any atom is 0.417 e. The Kier molecular flexibility index (Phi) is 4.97. The van der Waals surface area contributed by atoms with Gasteiger partial charge < -0.3 is 9.32 Å². The highest BCUT2D eigenvalue weighted by atomic mass is 19.4. The number of benzene rings is 1. The van der Waals surface area contributed by atoms with E-state index in [1.54, 1.807) is 6.07 Å². The highest BCUT2D eigenvalue weighted by Gasteiger charge is 2.31. The Morgan fingerprint density at radius 2 is 1.74 bits per heavy atom. The van der Waals surface area contributed by atoms with E-state index in [2.05, 4.69) is 16.0 Å². The standard InChI is InChI=1S/C23H22F3N3O2/c24-23(25,26)18-4-5-21(27-13-18)29-8-6-28(7-9-29)14-17-12-22(30)31-20-11-16-3-1-2-15(16)10-19(17)20/h4-5,10-13H,1-3,6-9,14H2. The van der Waals surface area contributed by atoms with Gasteiger partial charge in [-0.15, -0.1) is 0 Å². The average Bonchev–Trinajstić information content (AvgIpc) is 3.20. The van der Waals surface area contributed by atoms with Gasteiger partial charge in [-0.3, -0.25) is 4.90 Å². The van der Waals surface area contributed by atoms with Gasteiger partial charge in [0.05, 0.1) is 5.56 Å². The number of halogens is 3. The van der Waals surface area contributed by atoms with Crippen LogP contribution in [-0.4, -0.2) is 36.1 Å². The van der Waals surface area contributed by atoms with Crippen LogP contribution in [-0.2, 0) is 25.6 Å². The fraction of sp³-hybridized carbons (Fsp3) is 0.391. The number of aryl methyl sites for hydroxylation is 2. The van der Waals surface area contributed by atoms with Crippen LogP contribution in [0.25, 0.3) is 11.0 Å². The van der Waals surface area contributed by atoms with E-state index in [1.165, 1.54) is 17.2 Å². The van der Waals surface area contributed by atoms with Crippen LogP contribution in [0.2, 0.25) is 0 Å². The smallest absolute Gasteiger partial charge is 0.417 e. The molecule has 3 aromatic rings. The average molecular weight is 429 g/mol. The van der Waals surface area contributed by atoms with Crippen molar-refractivity contribution in [2.75, 3.05) is 31.1 Å². The zero-order valence-corrected chi connectivity index (χ0v) is 16.9. The Morgan fingerprint density at radius 3 is 2.42 bits per heavy atom. The van der Waals surface area contributed by atoms with E-state index in [4.69, 9.17) is 4.42 Å². The number of aromatic nitrogens is 1. The molecule has 0 bridgehead atoms. The first kappa shape index (κ1) is 20.1. The quantitative estimate of drug-likeness (QED) is 0.589. The molecule has 5 rings (SSSR count). The summed E-state index contributed by atoms with van der Waals surface area (Å²) in [6.07, 6.45) is -0.280. The summed E-state index contributed by atoms with van der Waals surface area (Å²) >= 11 is 0. The molecule has 1 aliphatic heterocycles. The van der Waals surface area contributed by atoms with Crippen LogP contribution >= 0.6 is 0 Å². The highest BCUT2D eigenvalue weighted by molar-refractivity contribution is 5.82. The zero-order chi connectivity index (χ0) is 21.6. The molecular formula is C23H22F3N3O2. The number of pyridine rings is 1. The molecule has 1 aromatic carbocycles. The second-order valence-corrected chi connectivity index (χ2v) is 8.23. The van der Waals surface area contributed by atoms with Crippen molar-refractivity contribution in [3.8, 4) is 0 Å². The van der Waals surface area contributed by atoms with Gasteiger partial charge in [0.2, 0.25) is 0 Å². The van der Waals surface area contributed by atoms with E-state index in [1.807, 2.05) is 11.0 Å². The minimum absolute atomic E-state index is 0.340. The second-order valence-electron chi connectivity index (χ2n) is 8.23. The number of piperazine rings is 1. The van der Waals surface area contributed by atoms with Gasteiger partial charge in [0.1, 0.15) is 11.4 Å². The Labute approximate surface area is 177 Å². The molecule has 8 heteroatoms. The lowest BCUT2D eigenvalue weighted by Gasteiger charge is -2.35. The molecule has 2 aromatic heterocycles. The molecule has 1 aliphatic carbocycles. The molecule has 2 aliphatic rings. The number of hydrogen-bond donors (Lipinski definition) is 0. The molecule has 0 atom stereocenters. The number of alkyl halides is 3. The van der Waals surface area contributed by atoms with Crippen molar-refractivity contribution in [2.45, 2.75) is 32.0 Å². The van der Waals surface area contributed by atoms with E-state index in [9.17, 15) is 18.0 Å². The van der Waals surface area contributed by atoms with Crippen molar-refractivity contribution in [3.05, 3.63) is 69.2 Å². The largest absolute Gasteiger partial charge is 0.423 e. The van der Waals surface area contributed by atoms with Crippen LogP contribution in [0.3, 0.4) is 0 Å². The topological polar surface area (TPSA) is 49.6 Å². The summed E-state index contributed by atoms with van der Waals surface area (Å²) in [5, 5.41) is 0.993.